The van der Waals surface area contributed by atoms with E-state index in [9.17, 15) is 24.0 Å². The van der Waals surface area contributed by atoms with E-state index in [1.54, 1.807) is 30.3 Å². The molecule has 0 heterocycles. The van der Waals surface area contributed by atoms with Crippen LogP contribution in [0.4, 0.5) is 4.79 Å². The summed E-state index contributed by atoms with van der Waals surface area (Å²) in [6.07, 6.45) is 3.17. The Morgan fingerprint density at radius 3 is 1.27 bits per heavy atom. The van der Waals surface area contributed by atoms with Crippen molar-refractivity contribution in [2.45, 2.75) is 25.7 Å². The molecule has 0 spiro atoms. The lowest BCUT2D eigenvalue weighted by atomic mass is 10.2. The number of unbranched alkanes of at least 4 members (excludes halogenated alkanes) is 3. The van der Waals surface area contributed by atoms with Crippen LogP contribution in [0.25, 0.3) is 0 Å². The van der Waals surface area contributed by atoms with Crippen LogP contribution in [-0.4, -0.2) is 43.2 Å². The number of hydrogen-bond donors (Lipinski definition) is 0. The van der Waals surface area contributed by atoms with Gasteiger partial charge in [0.05, 0.1) is 29.9 Å². The second kappa shape index (κ2) is 18.1. The van der Waals surface area contributed by atoms with E-state index in [0.717, 1.165) is 18.9 Å². The normalized spacial score (nSPS) is 10.2. The summed E-state index contributed by atoms with van der Waals surface area (Å²) in [5.41, 5.74) is 0.831. The largest absolute Gasteiger partial charge is 0.513 e. The monoisotopic (exact) mass is 652 g/mol. The van der Waals surface area contributed by atoms with Crippen molar-refractivity contribution >= 4 is 30.0 Å². The predicted octanol–water partition coefficient (Wildman–Crippen LogP) is 7.15. The summed E-state index contributed by atoms with van der Waals surface area (Å²) < 4.78 is 31.1. The molecule has 11 heteroatoms. The number of carbonyl (C=O) groups is 5. The molecular formula is C37H32O11. The molecule has 0 aliphatic heterocycles. The highest BCUT2D eigenvalue weighted by molar-refractivity contribution is 5.93. The van der Waals surface area contributed by atoms with Gasteiger partial charge >= 0.3 is 30.0 Å². The lowest BCUT2D eigenvalue weighted by molar-refractivity contribution is -0.137. The fourth-order valence-electron chi connectivity index (χ4n) is 4.04. The van der Waals surface area contributed by atoms with Gasteiger partial charge in [0, 0.05) is 6.08 Å². The Balaban J connectivity index is 1.16. The molecule has 0 bridgehead atoms. The molecule has 4 rings (SSSR count). The first-order valence-corrected chi connectivity index (χ1v) is 15.0. The quantitative estimate of drug-likeness (QED) is 0.0425. The molecule has 0 N–H and O–H groups in total. The molecule has 4 aromatic carbocycles. The molecule has 48 heavy (non-hydrogen) atoms. The standard InChI is InChI=1S/C37H32O11/c1-2-33(38)43-24-8-3-4-9-25-44-37(42)48-32-18-14-28(15-19-32)35(40)45-29-16-12-27(13-17-29)36(41)47-31-22-20-30(21-23-31)46-34(39)26-10-6-5-7-11-26/h2,5-7,10-23H,1,3-4,8-9,24-25H2. The maximum Gasteiger partial charge on any atom is 0.513 e. The minimum Gasteiger partial charge on any atom is -0.463 e. The van der Waals surface area contributed by atoms with Crippen molar-refractivity contribution in [3.05, 3.63) is 132 Å². The molecule has 0 aromatic heterocycles. The number of carbonyl (C=O) groups excluding carboxylic acids is 5. The highest BCUT2D eigenvalue weighted by Gasteiger charge is 2.14. The minimum absolute atomic E-state index is 0.174. The van der Waals surface area contributed by atoms with Crippen molar-refractivity contribution in [1.82, 2.24) is 0 Å². The first-order chi connectivity index (χ1) is 23.3. The van der Waals surface area contributed by atoms with E-state index in [4.69, 9.17) is 28.4 Å². The fourth-order valence-corrected chi connectivity index (χ4v) is 4.04. The van der Waals surface area contributed by atoms with E-state index in [-0.39, 0.29) is 35.0 Å². The summed E-state index contributed by atoms with van der Waals surface area (Å²) >= 11 is 0. The summed E-state index contributed by atoms with van der Waals surface area (Å²) in [5.74, 6) is -1.34. The maximum absolute atomic E-state index is 12.6. The summed E-state index contributed by atoms with van der Waals surface area (Å²) in [5, 5.41) is 0. The van der Waals surface area contributed by atoms with E-state index < -0.39 is 30.0 Å². The number of rotatable bonds is 15. The first-order valence-electron chi connectivity index (χ1n) is 15.0. The van der Waals surface area contributed by atoms with E-state index in [2.05, 4.69) is 6.58 Å². The van der Waals surface area contributed by atoms with Gasteiger partial charge in [0.1, 0.15) is 23.0 Å². The number of hydrogen-bond acceptors (Lipinski definition) is 11. The van der Waals surface area contributed by atoms with Crippen LogP contribution in [0.2, 0.25) is 0 Å². The molecule has 0 aliphatic rings. The third kappa shape index (κ3) is 11.3. The third-order valence-corrected chi connectivity index (χ3v) is 6.52. The van der Waals surface area contributed by atoms with E-state index in [1.807, 2.05) is 0 Å². The van der Waals surface area contributed by atoms with Crippen molar-refractivity contribution in [2.24, 2.45) is 0 Å². The number of esters is 4. The lowest BCUT2D eigenvalue weighted by Gasteiger charge is -2.08. The number of ether oxygens (including phenoxy) is 6. The molecule has 4 aromatic rings. The van der Waals surface area contributed by atoms with Gasteiger partial charge in [-0.05, 0) is 111 Å². The third-order valence-electron chi connectivity index (χ3n) is 6.52. The summed E-state index contributed by atoms with van der Waals surface area (Å²) in [6, 6.07) is 26.1. The van der Waals surface area contributed by atoms with Crippen LogP contribution in [-0.2, 0) is 14.3 Å². The zero-order valence-corrected chi connectivity index (χ0v) is 25.8. The molecular weight excluding hydrogens is 620 g/mol. The zero-order valence-electron chi connectivity index (χ0n) is 25.8. The van der Waals surface area contributed by atoms with Gasteiger partial charge in [0.2, 0.25) is 0 Å². The van der Waals surface area contributed by atoms with E-state index >= 15 is 0 Å². The molecule has 0 aliphatic carbocycles. The Kier molecular flexibility index (Phi) is 13.0. The van der Waals surface area contributed by atoms with Gasteiger partial charge in [0.25, 0.3) is 0 Å². The molecule has 0 amide bonds. The van der Waals surface area contributed by atoms with Gasteiger partial charge in [0.15, 0.2) is 0 Å². The Labute approximate surface area is 276 Å². The molecule has 0 atom stereocenters. The first kappa shape index (κ1) is 34.6. The van der Waals surface area contributed by atoms with Gasteiger partial charge in [-0.1, -0.05) is 24.8 Å². The summed E-state index contributed by atoms with van der Waals surface area (Å²) in [4.78, 5) is 60.3. The second-order valence-electron chi connectivity index (χ2n) is 10.0. The average molecular weight is 653 g/mol. The topological polar surface area (TPSA) is 141 Å². The Morgan fingerprint density at radius 2 is 0.833 bits per heavy atom. The zero-order chi connectivity index (χ0) is 34.1. The van der Waals surface area contributed by atoms with Crippen molar-refractivity contribution in [3.63, 3.8) is 0 Å². The van der Waals surface area contributed by atoms with E-state index in [0.29, 0.717) is 30.8 Å². The summed E-state index contributed by atoms with van der Waals surface area (Å²) in [7, 11) is 0. The van der Waals surface area contributed by atoms with Crippen LogP contribution in [0.1, 0.15) is 56.8 Å². The minimum atomic E-state index is -0.870. The smallest absolute Gasteiger partial charge is 0.463 e. The van der Waals surface area contributed by atoms with Gasteiger partial charge in [-0.25, -0.2) is 24.0 Å². The van der Waals surface area contributed by atoms with Crippen molar-refractivity contribution < 1.29 is 52.4 Å². The SMILES string of the molecule is C=CC(=O)OCCCCCCOC(=O)Oc1ccc(C(=O)Oc2ccc(C(=O)Oc3ccc(OC(=O)c4ccccc4)cc3)cc2)cc1. The molecule has 0 saturated carbocycles. The Bertz CT molecular complexity index is 1700. The van der Waals surface area contributed by atoms with Crippen LogP contribution < -0.4 is 18.9 Å². The molecule has 0 radical (unpaired) electrons. The Hall–Kier alpha value is -6.23. The molecule has 246 valence electrons. The van der Waals surface area contributed by atoms with Crippen molar-refractivity contribution in [3.8, 4) is 23.0 Å². The van der Waals surface area contributed by atoms with Crippen molar-refractivity contribution in [2.75, 3.05) is 13.2 Å². The average Bonchev–Trinajstić information content (AvgIpc) is 3.11. The van der Waals surface area contributed by atoms with Gasteiger partial charge in [-0.3, -0.25) is 0 Å². The van der Waals surface area contributed by atoms with E-state index in [1.165, 1.54) is 72.8 Å². The van der Waals surface area contributed by atoms with Crippen molar-refractivity contribution in [1.29, 1.82) is 0 Å². The number of benzene rings is 4. The second-order valence-corrected chi connectivity index (χ2v) is 10.0. The van der Waals surface area contributed by atoms with Crippen LogP contribution in [0.3, 0.4) is 0 Å². The molecule has 0 unspecified atom stereocenters. The molecule has 11 nitrogen and oxygen atoms in total. The van der Waals surface area contributed by atoms with Crippen LogP contribution in [0, 0.1) is 0 Å². The molecule has 0 fully saturated rings. The van der Waals surface area contributed by atoms with Crippen LogP contribution >= 0.6 is 0 Å². The Morgan fingerprint density at radius 1 is 0.458 bits per heavy atom. The lowest BCUT2D eigenvalue weighted by Crippen LogP contribution is -2.12. The van der Waals surface area contributed by atoms with Gasteiger partial charge < -0.3 is 28.4 Å². The maximum atomic E-state index is 12.6. The highest BCUT2D eigenvalue weighted by atomic mass is 16.7. The van der Waals surface area contributed by atoms with Crippen LogP contribution in [0.15, 0.2) is 116 Å². The highest BCUT2D eigenvalue weighted by Crippen LogP contribution is 2.21. The van der Waals surface area contributed by atoms with Gasteiger partial charge in [-0.2, -0.15) is 0 Å². The summed E-state index contributed by atoms with van der Waals surface area (Å²) in [6.45, 7) is 3.82. The van der Waals surface area contributed by atoms with Gasteiger partial charge in [-0.15, -0.1) is 0 Å². The predicted molar refractivity (Wildman–Crippen MR) is 172 cm³/mol. The molecule has 0 saturated heterocycles. The van der Waals surface area contributed by atoms with Crippen LogP contribution in [0.5, 0.6) is 23.0 Å². The fraction of sp³-hybridized carbons (Fsp3) is 0.162.